The topological polar surface area (TPSA) is 50.2 Å². The molecule has 0 bridgehead atoms. The summed E-state index contributed by atoms with van der Waals surface area (Å²) in [4.78, 5) is 14.8. The number of aromatic nitrogens is 3. The van der Waals surface area contributed by atoms with Gasteiger partial charge in [-0.2, -0.15) is 13.2 Å². The predicted octanol–water partition coefficient (Wildman–Crippen LogP) is 1.35. The molecule has 0 spiro atoms. The molecule has 0 aromatic carbocycles. The second kappa shape index (κ2) is 2.85. The molecule has 15 heavy (non-hydrogen) atoms. The molecule has 0 amide bonds. The van der Waals surface area contributed by atoms with Crippen molar-refractivity contribution in [2.24, 2.45) is 0 Å². The van der Waals surface area contributed by atoms with Crippen molar-refractivity contribution in [2.45, 2.75) is 13.1 Å². The van der Waals surface area contributed by atoms with E-state index in [2.05, 4.69) is 10.1 Å². The Labute approximate surface area is 81.3 Å². The van der Waals surface area contributed by atoms with Crippen LogP contribution >= 0.6 is 0 Å². The molecule has 2 rings (SSSR count). The first-order chi connectivity index (χ1) is 6.91. The van der Waals surface area contributed by atoms with Crippen LogP contribution in [0, 0.1) is 6.92 Å². The van der Waals surface area contributed by atoms with E-state index >= 15 is 0 Å². The van der Waals surface area contributed by atoms with Crippen LogP contribution in [0.25, 0.3) is 5.65 Å². The summed E-state index contributed by atoms with van der Waals surface area (Å²) in [7, 11) is 0. The maximum absolute atomic E-state index is 12.4. The molecular weight excluding hydrogens is 211 g/mol. The lowest BCUT2D eigenvalue weighted by molar-refractivity contribution is -0.141. The van der Waals surface area contributed by atoms with Crippen molar-refractivity contribution in [3.63, 3.8) is 0 Å². The number of fused-ring (bicyclic) bond motifs is 1. The summed E-state index contributed by atoms with van der Waals surface area (Å²) in [5.41, 5.74) is -2.33. The molecule has 0 unspecified atom stereocenters. The van der Waals surface area contributed by atoms with Crippen molar-refractivity contribution in [2.75, 3.05) is 0 Å². The Morgan fingerprint density at radius 1 is 1.47 bits per heavy atom. The van der Waals surface area contributed by atoms with Gasteiger partial charge in [0.1, 0.15) is 0 Å². The lowest BCUT2D eigenvalue weighted by atomic mass is 10.2. The summed E-state index contributed by atoms with van der Waals surface area (Å²) < 4.78 is 38.3. The summed E-state index contributed by atoms with van der Waals surface area (Å²) in [6, 6.07) is 1.30. The third kappa shape index (κ3) is 1.39. The minimum Gasteiger partial charge on any atom is -0.297 e. The number of halogens is 3. The monoisotopic (exact) mass is 217 g/mol. The first-order valence-corrected chi connectivity index (χ1v) is 4.05. The molecule has 2 aromatic rings. The van der Waals surface area contributed by atoms with Gasteiger partial charge < -0.3 is 0 Å². The molecule has 0 fully saturated rings. The Morgan fingerprint density at radius 3 is 2.73 bits per heavy atom. The molecular formula is C8H6F3N3O. The highest BCUT2D eigenvalue weighted by atomic mass is 19.4. The first-order valence-electron chi connectivity index (χ1n) is 4.05. The van der Waals surface area contributed by atoms with Crippen LogP contribution in [0.15, 0.2) is 17.1 Å². The number of nitrogens with zero attached hydrogens (tertiary/aromatic N) is 2. The molecule has 2 aromatic heterocycles. The Hall–Kier alpha value is -1.79. The molecule has 0 aliphatic carbocycles. The van der Waals surface area contributed by atoms with Crippen LogP contribution in [0.4, 0.5) is 13.2 Å². The second-order valence-electron chi connectivity index (χ2n) is 3.04. The average Bonchev–Trinajstić information content (AvgIpc) is 2.57. The number of H-pyrrole nitrogens is 1. The molecule has 0 saturated heterocycles. The summed E-state index contributed by atoms with van der Waals surface area (Å²) in [6.07, 6.45) is -3.25. The van der Waals surface area contributed by atoms with E-state index in [0.717, 1.165) is 11.4 Å². The van der Waals surface area contributed by atoms with E-state index < -0.39 is 23.0 Å². The van der Waals surface area contributed by atoms with Crippen LogP contribution in [0.1, 0.15) is 11.3 Å². The normalized spacial score (nSPS) is 12.3. The van der Waals surface area contributed by atoms with Gasteiger partial charge in [-0.3, -0.25) is 9.89 Å². The van der Waals surface area contributed by atoms with E-state index in [0.29, 0.717) is 0 Å². The molecule has 0 atom stereocenters. The molecule has 4 nitrogen and oxygen atoms in total. The average molecular weight is 217 g/mol. The van der Waals surface area contributed by atoms with Crippen LogP contribution in [0.5, 0.6) is 0 Å². The van der Waals surface area contributed by atoms with Crippen LogP contribution < -0.4 is 5.56 Å². The molecule has 0 saturated carbocycles. The van der Waals surface area contributed by atoms with Crippen molar-refractivity contribution in [3.05, 3.63) is 33.9 Å². The molecule has 80 valence electrons. The Bertz CT molecular complexity index is 566. The van der Waals surface area contributed by atoms with Crippen LogP contribution in [-0.2, 0) is 6.18 Å². The zero-order chi connectivity index (χ0) is 11.2. The van der Waals surface area contributed by atoms with Gasteiger partial charge >= 0.3 is 6.18 Å². The van der Waals surface area contributed by atoms with Gasteiger partial charge in [-0.1, -0.05) is 0 Å². The number of hydrogen-bond donors (Lipinski definition) is 1. The number of nitrogens with one attached hydrogen (secondary N) is 1. The van der Waals surface area contributed by atoms with E-state index in [1.165, 1.54) is 12.3 Å². The van der Waals surface area contributed by atoms with E-state index in [4.69, 9.17) is 0 Å². The lowest BCUT2D eigenvalue weighted by Gasteiger charge is -2.08. The van der Waals surface area contributed by atoms with E-state index in [9.17, 15) is 18.0 Å². The highest BCUT2D eigenvalue weighted by Gasteiger charge is 2.36. The number of alkyl halides is 3. The van der Waals surface area contributed by atoms with Gasteiger partial charge in [0.05, 0.1) is 0 Å². The highest BCUT2D eigenvalue weighted by molar-refractivity contribution is 5.39. The Balaban J connectivity index is 2.88. The maximum atomic E-state index is 12.4. The number of hydrogen-bond acceptors (Lipinski definition) is 2. The molecule has 7 heteroatoms. The van der Waals surface area contributed by atoms with Gasteiger partial charge in [0.2, 0.25) is 0 Å². The largest absolute Gasteiger partial charge is 0.433 e. The summed E-state index contributed by atoms with van der Waals surface area (Å²) >= 11 is 0. The molecule has 1 N–H and O–H groups in total. The van der Waals surface area contributed by atoms with Crippen molar-refractivity contribution in [3.8, 4) is 0 Å². The maximum Gasteiger partial charge on any atom is 0.433 e. The summed E-state index contributed by atoms with van der Waals surface area (Å²) in [5, 5.41) is 2.48. The van der Waals surface area contributed by atoms with Gasteiger partial charge in [0.15, 0.2) is 11.3 Å². The third-order valence-corrected chi connectivity index (χ3v) is 2.04. The van der Waals surface area contributed by atoms with Crippen molar-refractivity contribution >= 4 is 5.65 Å². The Morgan fingerprint density at radius 2 is 2.13 bits per heavy atom. The van der Waals surface area contributed by atoms with Crippen LogP contribution in [-0.4, -0.2) is 14.6 Å². The fourth-order valence-corrected chi connectivity index (χ4v) is 1.32. The minimum atomic E-state index is -4.60. The van der Waals surface area contributed by atoms with Crippen molar-refractivity contribution in [1.82, 2.24) is 14.6 Å². The third-order valence-electron chi connectivity index (χ3n) is 2.04. The van der Waals surface area contributed by atoms with Crippen LogP contribution in [0.2, 0.25) is 0 Å². The van der Waals surface area contributed by atoms with Crippen LogP contribution in [0.3, 0.4) is 0 Å². The molecule has 0 aliphatic rings. The van der Waals surface area contributed by atoms with Crippen molar-refractivity contribution < 1.29 is 13.2 Å². The fraction of sp³-hybridized carbons (Fsp3) is 0.250. The second-order valence-corrected chi connectivity index (χ2v) is 3.04. The van der Waals surface area contributed by atoms with Gasteiger partial charge in [-0.25, -0.2) is 9.50 Å². The quantitative estimate of drug-likeness (QED) is 0.724. The van der Waals surface area contributed by atoms with Gasteiger partial charge in [0, 0.05) is 17.8 Å². The SMILES string of the molecule is Cc1c(C(F)(F)F)nc2cc[nH]n2c1=O. The lowest BCUT2D eigenvalue weighted by Crippen LogP contribution is -2.24. The predicted molar refractivity (Wildman–Crippen MR) is 45.6 cm³/mol. The van der Waals surface area contributed by atoms with Gasteiger partial charge in [0.25, 0.3) is 5.56 Å². The summed E-state index contributed by atoms with van der Waals surface area (Å²) in [6.45, 7) is 1.10. The van der Waals surface area contributed by atoms with E-state index in [-0.39, 0.29) is 5.65 Å². The highest BCUT2D eigenvalue weighted by Crippen LogP contribution is 2.28. The number of aromatic amines is 1. The van der Waals surface area contributed by atoms with Crippen molar-refractivity contribution in [1.29, 1.82) is 0 Å². The molecule has 0 aliphatic heterocycles. The first kappa shape index (κ1) is 9.75. The molecule has 2 heterocycles. The molecule has 0 radical (unpaired) electrons. The van der Waals surface area contributed by atoms with Gasteiger partial charge in [-0.15, -0.1) is 0 Å². The zero-order valence-electron chi connectivity index (χ0n) is 7.59. The smallest absolute Gasteiger partial charge is 0.297 e. The fourth-order valence-electron chi connectivity index (χ4n) is 1.32. The van der Waals surface area contributed by atoms with Gasteiger partial charge in [-0.05, 0) is 6.92 Å². The standard InChI is InChI=1S/C8H6F3N3O/c1-4-6(8(9,10)11)13-5-2-3-12-14(5)7(4)15/h2-3,12H,1H3. The zero-order valence-corrected chi connectivity index (χ0v) is 7.59. The van der Waals surface area contributed by atoms with E-state index in [1.807, 2.05) is 0 Å². The van der Waals surface area contributed by atoms with E-state index in [1.54, 1.807) is 0 Å². The number of rotatable bonds is 0. The minimum absolute atomic E-state index is 0.0436. The summed E-state index contributed by atoms with van der Waals surface area (Å²) in [5.74, 6) is 0. The Kier molecular flexibility index (Phi) is 1.85.